The van der Waals surface area contributed by atoms with Crippen LogP contribution in [0.4, 0.5) is 13.2 Å². The fourth-order valence-electron chi connectivity index (χ4n) is 4.19. The molecule has 5 heteroatoms. The highest BCUT2D eigenvalue weighted by molar-refractivity contribution is 9.10. The first-order valence-corrected chi connectivity index (χ1v) is 12.9. The highest BCUT2D eigenvalue weighted by atomic mass is 79.9. The maximum absolute atomic E-state index is 13.1. The van der Waals surface area contributed by atoms with Crippen molar-refractivity contribution in [1.29, 1.82) is 0 Å². The third kappa shape index (κ3) is 8.50. The molecule has 3 rings (SSSR count). The Morgan fingerprint density at radius 3 is 1.94 bits per heavy atom. The summed E-state index contributed by atoms with van der Waals surface area (Å²) in [6.07, 6.45) is 6.54. The number of halogens is 4. The fraction of sp³-hybridized carbons (Fsp3) is 0.300. The monoisotopic (exact) mass is 542 g/mol. The average molecular weight is 543 g/mol. The van der Waals surface area contributed by atoms with E-state index in [1.165, 1.54) is 17.7 Å². The number of hydrogen-bond donors (Lipinski definition) is 0. The summed E-state index contributed by atoms with van der Waals surface area (Å²) >= 11 is 3.42. The van der Waals surface area contributed by atoms with Crippen LogP contribution < -0.4 is 0 Å². The molecule has 0 aliphatic rings. The van der Waals surface area contributed by atoms with Gasteiger partial charge in [0.25, 0.3) is 0 Å². The summed E-state index contributed by atoms with van der Waals surface area (Å²) in [5, 5.41) is 0. The van der Waals surface area contributed by atoms with E-state index in [2.05, 4.69) is 22.0 Å². The van der Waals surface area contributed by atoms with Crippen molar-refractivity contribution >= 4 is 27.8 Å². The summed E-state index contributed by atoms with van der Waals surface area (Å²) in [6.45, 7) is 0. The molecule has 0 bridgehead atoms. The number of rotatable bonds is 12. The Hall–Kier alpha value is -2.66. The predicted molar refractivity (Wildman–Crippen MR) is 141 cm³/mol. The molecule has 0 saturated heterocycles. The Morgan fingerprint density at radius 2 is 1.26 bits per heavy atom. The molecule has 184 valence electrons. The predicted octanol–water partition coefficient (Wildman–Crippen LogP) is 9.49. The number of carbonyl (C=O) groups is 1. The van der Waals surface area contributed by atoms with Crippen molar-refractivity contribution in [1.82, 2.24) is 0 Å². The lowest BCUT2D eigenvalue weighted by atomic mass is 9.98. The average Bonchev–Trinajstić information content (AvgIpc) is 2.84. The summed E-state index contributed by atoms with van der Waals surface area (Å²) in [6, 6.07) is 21.4. The van der Waals surface area contributed by atoms with Gasteiger partial charge >= 0.3 is 6.18 Å². The summed E-state index contributed by atoms with van der Waals surface area (Å²) in [7, 11) is 0. The highest BCUT2D eigenvalue weighted by Crippen LogP contribution is 2.32. The maximum Gasteiger partial charge on any atom is 0.416 e. The number of ketones is 1. The van der Waals surface area contributed by atoms with E-state index in [1.807, 2.05) is 42.5 Å². The smallest absolute Gasteiger partial charge is 0.289 e. The van der Waals surface area contributed by atoms with E-state index in [9.17, 15) is 18.0 Å². The van der Waals surface area contributed by atoms with E-state index in [-0.39, 0.29) is 5.78 Å². The van der Waals surface area contributed by atoms with Crippen LogP contribution in [-0.4, -0.2) is 5.78 Å². The molecule has 1 nitrogen and oxygen atoms in total. The Kier molecular flexibility index (Phi) is 10.3. The third-order valence-electron chi connectivity index (χ3n) is 6.07. The van der Waals surface area contributed by atoms with Crippen LogP contribution in [0.25, 0.3) is 6.08 Å². The third-order valence-corrected chi connectivity index (χ3v) is 6.77. The van der Waals surface area contributed by atoms with Crippen LogP contribution in [0.2, 0.25) is 0 Å². The Morgan fingerprint density at radius 1 is 0.714 bits per heavy atom. The van der Waals surface area contributed by atoms with Gasteiger partial charge < -0.3 is 0 Å². The van der Waals surface area contributed by atoms with Crippen LogP contribution in [-0.2, 0) is 19.0 Å². The minimum atomic E-state index is -4.28. The van der Waals surface area contributed by atoms with Crippen LogP contribution in [0.5, 0.6) is 0 Å². The lowest BCUT2D eigenvalue weighted by Gasteiger charge is -2.12. The van der Waals surface area contributed by atoms with Crippen LogP contribution in [0, 0.1) is 0 Å². The highest BCUT2D eigenvalue weighted by Gasteiger charge is 2.32. The molecular weight excluding hydrogens is 513 g/mol. The molecule has 0 aliphatic carbocycles. The Balaban J connectivity index is 1.40. The van der Waals surface area contributed by atoms with Crippen molar-refractivity contribution in [2.24, 2.45) is 0 Å². The topological polar surface area (TPSA) is 17.1 Å². The van der Waals surface area contributed by atoms with Crippen LogP contribution >= 0.6 is 15.9 Å². The van der Waals surface area contributed by atoms with Crippen LogP contribution in [0.15, 0.2) is 83.3 Å². The van der Waals surface area contributed by atoms with Gasteiger partial charge in [-0.2, -0.15) is 13.2 Å². The largest absolute Gasteiger partial charge is 0.416 e. The molecule has 0 aliphatic heterocycles. The number of hydrogen-bond acceptors (Lipinski definition) is 1. The fourth-order valence-corrected chi connectivity index (χ4v) is 4.67. The van der Waals surface area contributed by atoms with Crippen molar-refractivity contribution in [2.75, 3.05) is 0 Å². The van der Waals surface area contributed by atoms with Gasteiger partial charge in [0.2, 0.25) is 0 Å². The lowest BCUT2D eigenvalue weighted by molar-refractivity contribution is -0.138. The standard InChI is InChI=1S/C30H30BrF3O/c31-28-20-12-10-18-26(28)29(35)22-21-24-15-8-7-14-23(24)13-5-3-1-2-4-6-16-25-17-9-11-19-27(25)30(32,33)34/h7-12,14-15,17-22H,1-6,13,16H2. The number of allylic oxidation sites excluding steroid dienone is 1. The van der Waals surface area contributed by atoms with Gasteiger partial charge in [-0.15, -0.1) is 0 Å². The van der Waals surface area contributed by atoms with E-state index >= 15 is 0 Å². The van der Waals surface area contributed by atoms with Crippen molar-refractivity contribution in [3.63, 3.8) is 0 Å². The van der Waals surface area contributed by atoms with Crippen molar-refractivity contribution < 1.29 is 18.0 Å². The summed E-state index contributed by atoms with van der Waals surface area (Å²) < 4.78 is 40.1. The molecule has 35 heavy (non-hydrogen) atoms. The van der Waals surface area contributed by atoms with E-state index in [0.717, 1.165) is 55.0 Å². The first kappa shape index (κ1) is 26.9. The molecule has 0 radical (unpaired) electrons. The molecule has 0 unspecified atom stereocenters. The second kappa shape index (κ2) is 13.4. The minimum Gasteiger partial charge on any atom is -0.289 e. The Bertz CT molecular complexity index is 1130. The van der Waals surface area contributed by atoms with Crippen molar-refractivity contribution in [3.8, 4) is 0 Å². The van der Waals surface area contributed by atoms with Crippen LogP contribution in [0.1, 0.15) is 71.1 Å². The first-order chi connectivity index (χ1) is 16.9. The molecule has 0 aromatic heterocycles. The van der Waals surface area contributed by atoms with Gasteiger partial charge in [0, 0.05) is 10.0 Å². The second-order valence-corrected chi connectivity index (χ2v) is 9.51. The van der Waals surface area contributed by atoms with E-state index in [1.54, 1.807) is 24.3 Å². The first-order valence-electron chi connectivity index (χ1n) is 12.1. The molecule has 0 N–H and O–H groups in total. The number of benzene rings is 3. The molecule has 0 amide bonds. The molecule has 0 atom stereocenters. The normalized spacial score (nSPS) is 11.8. The summed E-state index contributed by atoms with van der Waals surface area (Å²) in [4.78, 5) is 12.5. The number of carbonyl (C=O) groups excluding carboxylic acids is 1. The van der Waals surface area contributed by atoms with Gasteiger partial charge in [-0.05, 0) is 66.6 Å². The zero-order chi connectivity index (χ0) is 25.1. The molecule has 0 saturated carbocycles. The zero-order valence-electron chi connectivity index (χ0n) is 19.7. The van der Waals surface area contributed by atoms with E-state index in [4.69, 9.17) is 0 Å². The molecular formula is C30H30BrF3O. The van der Waals surface area contributed by atoms with Gasteiger partial charge in [0.1, 0.15) is 0 Å². The van der Waals surface area contributed by atoms with Gasteiger partial charge in [0.15, 0.2) is 5.78 Å². The van der Waals surface area contributed by atoms with Gasteiger partial charge in [-0.25, -0.2) is 0 Å². The Labute approximate surface area is 214 Å². The van der Waals surface area contributed by atoms with E-state index in [0.29, 0.717) is 17.5 Å². The van der Waals surface area contributed by atoms with Crippen molar-refractivity contribution in [3.05, 3.63) is 111 Å². The molecule has 0 spiro atoms. The summed E-state index contributed by atoms with van der Waals surface area (Å²) in [5.74, 6) is -0.0369. The lowest BCUT2D eigenvalue weighted by Crippen LogP contribution is -2.08. The van der Waals surface area contributed by atoms with Gasteiger partial charge in [-0.1, -0.05) is 102 Å². The number of aryl methyl sites for hydroxylation is 2. The minimum absolute atomic E-state index is 0.0369. The molecule has 3 aromatic rings. The summed E-state index contributed by atoms with van der Waals surface area (Å²) in [5.41, 5.74) is 2.79. The molecule has 3 aromatic carbocycles. The van der Waals surface area contributed by atoms with Gasteiger partial charge in [0.05, 0.1) is 5.56 Å². The molecule has 0 fully saturated rings. The van der Waals surface area contributed by atoms with E-state index < -0.39 is 11.7 Å². The van der Waals surface area contributed by atoms with Crippen LogP contribution in [0.3, 0.4) is 0 Å². The number of alkyl halides is 3. The number of unbranched alkanes of at least 4 members (excludes halogenated alkanes) is 5. The quantitative estimate of drug-likeness (QED) is 0.126. The second-order valence-electron chi connectivity index (χ2n) is 8.65. The zero-order valence-corrected chi connectivity index (χ0v) is 21.2. The van der Waals surface area contributed by atoms with Crippen molar-refractivity contribution in [2.45, 2.75) is 57.5 Å². The van der Waals surface area contributed by atoms with Gasteiger partial charge in [-0.3, -0.25) is 4.79 Å². The maximum atomic E-state index is 13.1. The SMILES string of the molecule is O=C(C=Cc1ccccc1CCCCCCCCc1ccccc1C(F)(F)F)c1ccccc1Br. The molecule has 0 heterocycles.